The Labute approximate surface area is 192 Å². The van der Waals surface area contributed by atoms with E-state index in [1.807, 2.05) is 0 Å². The lowest BCUT2D eigenvalue weighted by atomic mass is 10.1. The fourth-order valence-electron chi connectivity index (χ4n) is 3.25. The molecule has 3 heteroatoms. The number of rotatable bonds is 21. The summed E-state index contributed by atoms with van der Waals surface area (Å²) in [4.78, 5) is 0. The molecule has 0 aromatic rings. The largest absolute Gasteiger partial charge is 0.316 e. The second-order valence-electron chi connectivity index (χ2n) is 9.41. The minimum atomic E-state index is 0.522. The topological polar surface area (TPSA) is 36.1 Å². The van der Waals surface area contributed by atoms with Gasteiger partial charge in [0, 0.05) is 0 Å². The zero-order chi connectivity index (χ0) is 22.9. The summed E-state index contributed by atoms with van der Waals surface area (Å²) in [5, 5.41) is 10.7. The molecular weight excluding hydrogens is 366 g/mol. The van der Waals surface area contributed by atoms with Gasteiger partial charge in [0.05, 0.1) is 6.17 Å². The normalized spacial score (nSPS) is 14.1. The van der Waals surface area contributed by atoms with E-state index in [4.69, 9.17) is 0 Å². The van der Waals surface area contributed by atoms with Gasteiger partial charge in [-0.05, 0) is 57.3 Å². The highest BCUT2D eigenvalue weighted by atomic mass is 15.1. The maximum Gasteiger partial charge on any atom is 0.0571 e. The molecule has 0 amide bonds. The van der Waals surface area contributed by atoms with E-state index in [1.165, 1.54) is 96.6 Å². The molecule has 3 N–H and O–H groups in total. The molecule has 0 spiro atoms. The summed E-state index contributed by atoms with van der Waals surface area (Å²) < 4.78 is 0. The van der Waals surface area contributed by atoms with Crippen molar-refractivity contribution in [3.05, 3.63) is 0 Å². The van der Waals surface area contributed by atoms with Crippen LogP contribution in [0.15, 0.2) is 0 Å². The third kappa shape index (κ3) is 25.9. The Bertz CT molecular complexity index is 296. The van der Waals surface area contributed by atoms with Gasteiger partial charge in [0.25, 0.3) is 0 Å². The van der Waals surface area contributed by atoms with Crippen molar-refractivity contribution in [3.63, 3.8) is 0 Å². The quantitative estimate of drug-likeness (QED) is 0.131. The van der Waals surface area contributed by atoms with Gasteiger partial charge in [-0.2, -0.15) is 0 Å². The molecule has 3 unspecified atom stereocenters. The van der Waals surface area contributed by atoms with Crippen molar-refractivity contribution in [2.24, 2.45) is 11.8 Å². The maximum atomic E-state index is 3.60. The Kier molecular flexibility index (Phi) is 28.8. The summed E-state index contributed by atoms with van der Waals surface area (Å²) in [5.74, 6) is 1.63. The van der Waals surface area contributed by atoms with E-state index in [1.54, 1.807) is 0 Å². The van der Waals surface area contributed by atoms with Gasteiger partial charge in [-0.1, -0.05) is 113 Å². The van der Waals surface area contributed by atoms with E-state index in [-0.39, 0.29) is 0 Å². The highest BCUT2D eigenvalue weighted by Gasteiger charge is 2.06. The molecular formula is C27H61N3. The highest BCUT2D eigenvalue weighted by Crippen LogP contribution is 2.08. The van der Waals surface area contributed by atoms with E-state index in [9.17, 15) is 0 Å². The van der Waals surface area contributed by atoms with E-state index in [0.29, 0.717) is 6.17 Å². The Morgan fingerprint density at radius 3 is 1.63 bits per heavy atom. The molecule has 3 atom stereocenters. The molecule has 0 saturated carbocycles. The monoisotopic (exact) mass is 427 g/mol. The molecule has 0 aliphatic carbocycles. The summed E-state index contributed by atoms with van der Waals surface area (Å²) in [6.45, 7) is 20.6. The zero-order valence-corrected chi connectivity index (χ0v) is 22.3. The van der Waals surface area contributed by atoms with Crippen LogP contribution < -0.4 is 16.0 Å². The zero-order valence-electron chi connectivity index (χ0n) is 22.3. The molecule has 0 aliphatic rings. The van der Waals surface area contributed by atoms with Crippen LogP contribution >= 0.6 is 0 Å². The minimum absolute atomic E-state index is 0.522. The third-order valence-electron chi connectivity index (χ3n) is 6.02. The van der Waals surface area contributed by atoms with Gasteiger partial charge >= 0.3 is 0 Å². The Morgan fingerprint density at radius 1 is 0.533 bits per heavy atom. The predicted octanol–water partition coefficient (Wildman–Crippen LogP) is 7.51. The third-order valence-corrected chi connectivity index (χ3v) is 6.02. The first-order valence-corrected chi connectivity index (χ1v) is 13.7. The number of nitrogens with one attached hydrogen (secondary N) is 3. The lowest BCUT2D eigenvalue weighted by molar-refractivity contribution is 0.365. The average Bonchev–Trinajstić information content (AvgIpc) is 2.76. The second kappa shape index (κ2) is 26.9. The van der Waals surface area contributed by atoms with Crippen LogP contribution in [0.25, 0.3) is 0 Å². The average molecular weight is 428 g/mol. The van der Waals surface area contributed by atoms with Gasteiger partial charge in [-0.25, -0.2) is 0 Å². The standard InChI is InChI=1S/C15H33N.C12H28N2/c1-4-6-7-8-9-10-11-12-13-16-14-15(3)5-2;1-5-8-12(13-9-6-2)14-10-11(4)7-3/h15-16H,4-14H2,1-3H3;11-14H,5-10H2,1-4H3. The van der Waals surface area contributed by atoms with E-state index in [0.717, 1.165) is 24.9 Å². The molecule has 0 aromatic carbocycles. The Balaban J connectivity index is 0. The molecule has 0 fully saturated rings. The molecule has 184 valence electrons. The smallest absolute Gasteiger partial charge is 0.0571 e. The van der Waals surface area contributed by atoms with Crippen molar-refractivity contribution in [2.45, 2.75) is 138 Å². The van der Waals surface area contributed by atoms with Gasteiger partial charge in [0.15, 0.2) is 0 Å². The summed E-state index contributed by atoms with van der Waals surface area (Å²) in [6, 6.07) is 0. The van der Waals surface area contributed by atoms with Crippen LogP contribution in [0, 0.1) is 11.8 Å². The molecule has 0 rings (SSSR count). The lowest BCUT2D eigenvalue weighted by Gasteiger charge is -2.21. The Morgan fingerprint density at radius 2 is 1.10 bits per heavy atom. The fourth-order valence-corrected chi connectivity index (χ4v) is 3.25. The maximum absolute atomic E-state index is 3.60. The van der Waals surface area contributed by atoms with E-state index in [2.05, 4.69) is 64.4 Å². The number of hydrogen-bond acceptors (Lipinski definition) is 3. The van der Waals surface area contributed by atoms with E-state index >= 15 is 0 Å². The number of hydrogen-bond donors (Lipinski definition) is 3. The van der Waals surface area contributed by atoms with Crippen LogP contribution in [-0.2, 0) is 0 Å². The van der Waals surface area contributed by atoms with Crippen molar-refractivity contribution >= 4 is 0 Å². The first-order valence-electron chi connectivity index (χ1n) is 13.7. The van der Waals surface area contributed by atoms with Crippen LogP contribution in [0.1, 0.15) is 132 Å². The van der Waals surface area contributed by atoms with Crippen LogP contribution in [0.5, 0.6) is 0 Å². The van der Waals surface area contributed by atoms with Crippen molar-refractivity contribution in [3.8, 4) is 0 Å². The van der Waals surface area contributed by atoms with Gasteiger partial charge in [-0.3, -0.25) is 0 Å². The van der Waals surface area contributed by atoms with Crippen molar-refractivity contribution in [2.75, 3.05) is 26.2 Å². The van der Waals surface area contributed by atoms with Gasteiger partial charge in [0.2, 0.25) is 0 Å². The summed E-state index contributed by atoms with van der Waals surface area (Å²) in [7, 11) is 0. The lowest BCUT2D eigenvalue weighted by Crippen LogP contribution is -2.44. The van der Waals surface area contributed by atoms with Crippen LogP contribution in [-0.4, -0.2) is 32.3 Å². The van der Waals surface area contributed by atoms with Gasteiger partial charge < -0.3 is 16.0 Å². The predicted molar refractivity (Wildman–Crippen MR) is 139 cm³/mol. The van der Waals surface area contributed by atoms with Crippen molar-refractivity contribution in [1.29, 1.82) is 0 Å². The highest BCUT2D eigenvalue weighted by molar-refractivity contribution is 4.65. The molecule has 0 saturated heterocycles. The molecule has 0 aliphatic heterocycles. The van der Waals surface area contributed by atoms with Crippen LogP contribution in [0.2, 0.25) is 0 Å². The second-order valence-corrected chi connectivity index (χ2v) is 9.41. The van der Waals surface area contributed by atoms with Crippen molar-refractivity contribution < 1.29 is 0 Å². The van der Waals surface area contributed by atoms with E-state index < -0.39 is 0 Å². The summed E-state index contributed by atoms with van der Waals surface area (Å²) in [5.41, 5.74) is 0. The Hall–Kier alpha value is -0.120. The van der Waals surface area contributed by atoms with Crippen LogP contribution in [0.3, 0.4) is 0 Å². The first kappa shape index (κ1) is 32.1. The molecule has 0 bridgehead atoms. The summed E-state index contributed by atoms with van der Waals surface area (Å²) in [6.07, 6.45) is 18.1. The first-order chi connectivity index (χ1) is 14.5. The summed E-state index contributed by atoms with van der Waals surface area (Å²) >= 11 is 0. The number of unbranched alkanes of at least 4 members (excludes halogenated alkanes) is 7. The van der Waals surface area contributed by atoms with Gasteiger partial charge in [0.1, 0.15) is 0 Å². The molecule has 0 aromatic heterocycles. The van der Waals surface area contributed by atoms with Gasteiger partial charge in [-0.15, -0.1) is 0 Å². The SMILES string of the molecule is CCCCCCCCCCNCC(C)CC.CCCNC(CCC)NCC(C)CC. The van der Waals surface area contributed by atoms with Crippen LogP contribution in [0.4, 0.5) is 0 Å². The molecule has 30 heavy (non-hydrogen) atoms. The molecule has 0 radical (unpaired) electrons. The molecule has 3 nitrogen and oxygen atoms in total. The molecule has 0 heterocycles. The fraction of sp³-hybridized carbons (Fsp3) is 1.00. The minimum Gasteiger partial charge on any atom is -0.316 e. The van der Waals surface area contributed by atoms with Crippen molar-refractivity contribution in [1.82, 2.24) is 16.0 Å².